The van der Waals surface area contributed by atoms with Gasteiger partial charge in [-0.15, -0.1) is 12.4 Å². The van der Waals surface area contributed by atoms with Crippen LogP contribution in [0.25, 0.3) is 4.65 Å². The second kappa shape index (κ2) is 6.08. The summed E-state index contributed by atoms with van der Waals surface area (Å²) in [6.45, 7) is 13.8. The topological polar surface area (TPSA) is 14.1 Å². The minimum Gasteiger partial charge on any atom is -0.668 e. The van der Waals surface area contributed by atoms with Crippen molar-refractivity contribution in [1.82, 2.24) is 0 Å². The third-order valence-electron chi connectivity index (χ3n) is 0.671. The summed E-state index contributed by atoms with van der Waals surface area (Å²) in [4.78, 5) is 0. The Labute approximate surface area is 98.1 Å². The monoisotopic (exact) mass is 376 g/mol. The summed E-state index contributed by atoms with van der Waals surface area (Å²) in [5.74, 6) is 0. The van der Waals surface area contributed by atoms with E-state index in [9.17, 15) is 0 Å². The average molecular weight is 375 g/mol. The molecule has 0 radical (unpaired) electrons. The first-order valence-electron chi connectivity index (χ1n) is 3.45. The third kappa shape index (κ3) is 18.5. The predicted molar refractivity (Wildman–Crippen MR) is 57.3 cm³/mol. The third-order valence-corrected chi connectivity index (χ3v) is 6.04. The van der Waals surface area contributed by atoms with Crippen molar-refractivity contribution >= 4 is 28.9 Å². The summed E-state index contributed by atoms with van der Waals surface area (Å²) in [5, 5.41) is 0. The predicted octanol–water partition coefficient (Wildman–Crippen LogP) is 3.45. The van der Waals surface area contributed by atoms with E-state index >= 15 is 0 Å². The van der Waals surface area contributed by atoms with Crippen LogP contribution in [0.15, 0.2) is 0 Å². The minimum atomic E-state index is -1.11. The first-order valence-corrected chi connectivity index (χ1v) is 10.3. The van der Waals surface area contributed by atoms with E-state index in [0.717, 1.165) is 0 Å². The van der Waals surface area contributed by atoms with E-state index in [1.165, 1.54) is 0 Å². The van der Waals surface area contributed by atoms with E-state index in [-0.39, 0.29) is 38.3 Å². The van der Waals surface area contributed by atoms with Crippen LogP contribution in [0.2, 0.25) is 39.3 Å². The minimum absolute atomic E-state index is 0. The van der Waals surface area contributed by atoms with Crippen LogP contribution < -0.4 is 0 Å². The van der Waals surface area contributed by atoms with Crippen LogP contribution in [0.5, 0.6) is 0 Å². The quantitative estimate of drug-likeness (QED) is 0.657. The first kappa shape index (κ1) is 18.4. The van der Waals surface area contributed by atoms with E-state index in [1.54, 1.807) is 0 Å². The van der Waals surface area contributed by atoms with Gasteiger partial charge in [0.05, 0.1) is 0 Å². The van der Waals surface area contributed by atoms with Crippen molar-refractivity contribution in [3.05, 3.63) is 4.65 Å². The van der Waals surface area contributed by atoms with E-state index in [1.807, 2.05) is 0 Å². The zero-order chi connectivity index (χ0) is 7.71. The maximum Gasteiger partial charge on any atom is 0 e. The van der Waals surface area contributed by atoms with Crippen LogP contribution in [0.4, 0.5) is 0 Å². The molecule has 0 aliphatic rings. The van der Waals surface area contributed by atoms with Crippen LogP contribution in [-0.2, 0) is 25.8 Å². The van der Waals surface area contributed by atoms with Crippen molar-refractivity contribution in [2.45, 2.75) is 39.3 Å². The molecule has 0 N–H and O–H groups in total. The molecule has 11 heavy (non-hydrogen) atoms. The zero-order valence-corrected chi connectivity index (χ0v) is 14.8. The number of hydrogen-bond donors (Lipinski definition) is 0. The second-order valence-electron chi connectivity index (χ2n) is 4.45. The molecule has 1 nitrogen and oxygen atoms in total. The van der Waals surface area contributed by atoms with Crippen molar-refractivity contribution in [2.75, 3.05) is 0 Å². The van der Waals surface area contributed by atoms with Gasteiger partial charge < -0.3 is 4.65 Å². The summed E-state index contributed by atoms with van der Waals surface area (Å²) in [6, 6.07) is 0. The number of nitrogens with zero attached hydrogens (tertiary/aromatic N) is 1. The van der Waals surface area contributed by atoms with Crippen LogP contribution in [0, 0.1) is 0 Å². The molecule has 0 fully saturated rings. The normalized spacial score (nSPS) is 11.5. The van der Waals surface area contributed by atoms with E-state index in [2.05, 4.69) is 39.3 Å². The molecule has 0 spiro atoms. The van der Waals surface area contributed by atoms with Gasteiger partial charge in [-0.2, -0.15) is 0 Å². The standard InChI is InChI=1S/C6H18NSi2.ClH.Hf/c1-8(2,3)7-9(4,5)6;;/h1-6H3;1H;/q-1;;. The Hall–Kier alpha value is 1.55. The Bertz CT molecular complexity index is 85.7. The van der Waals surface area contributed by atoms with Gasteiger partial charge in [0.25, 0.3) is 0 Å². The molecule has 0 rings (SSSR count). The molecule has 5 heteroatoms. The van der Waals surface area contributed by atoms with Crippen molar-refractivity contribution in [3.8, 4) is 0 Å². The molecule has 0 aromatic rings. The SMILES string of the molecule is C[Si](C)(C)[N-][Si](C)(C)C.Cl.[Hf]. The molecule has 0 amide bonds. The van der Waals surface area contributed by atoms with Crippen molar-refractivity contribution < 1.29 is 25.8 Å². The molecule has 0 aromatic heterocycles. The molecule has 0 saturated carbocycles. The molecule has 0 unspecified atom stereocenters. The van der Waals surface area contributed by atoms with Gasteiger partial charge in [-0.25, -0.2) is 0 Å². The molecule has 0 saturated heterocycles. The Kier molecular flexibility index (Phi) is 10.1. The Balaban J connectivity index is -0.000000320. The van der Waals surface area contributed by atoms with Gasteiger partial charge in [-0.1, -0.05) is 55.8 Å². The van der Waals surface area contributed by atoms with E-state index in [0.29, 0.717) is 0 Å². The smallest absolute Gasteiger partial charge is 0 e. The summed E-state index contributed by atoms with van der Waals surface area (Å²) in [7, 11) is -2.21. The fraction of sp³-hybridized carbons (Fsp3) is 1.00. The van der Waals surface area contributed by atoms with E-state index in [4.69, 9.17) is 4.65 Å². The van der Waals surface area contributed by atoms with Crippen LogP contribution in [0.3, 0.4) is 0 Å². The second-order valence-corrected chi connectivity index (χ2v) is 14.0. The van der Waals surface area contributed by atoms with Gasteiger partial charge >= 0.3 is 0 Å². The summed E-state index contributed by atoms with van der Waals surface area (Å²) in [5.41, 5.74) is 0. The Morgan fingerprint density at radius 3 is 0.909 bits per heavy atom. The van der Waals surface area contributed by atoms with Crippen LogP contribution >= 0.6 is 12.4 Å². The van der Waals surface area contributed by atoms with E-state index < -0.39 is 16.5 Å². The molecular formula is C6H19ClHfNSi2-. The number of halogens is 1. The zero-order valence-electron chi connectivity index (χ0n) is 8.36. The maximum absolute atomic E-state index is 4.82. The number of hydrogen-bond acceptors (Lipinski definition) is 0. The largest absolute Gasteiger partial charge is 0.668 e. The Morgan fingerprint density at radius 1 is 0.727 bits per heavy atom. The van der Waals surface area contributed by atoms with Gasteiger partial charge in [0.1, 0.15) is 0 Å². The molecule has 68 valence electrons. The van der Waals surface area contributed by atoms with Gasteiger partial charge in [0, 0.05) is 25.8 Å². The van der Waals surface area contributed by atoms with Crippen molar-refractivity contribution in [3.63, 3.8) is 0 Å². The van der Waals surface area contributed by atoms with Crippen LogP contribution in [0.1, 0.15) is 0 Å². The molecule has 0 bridgehead atoms. The van der Waals surface area contributed by atoms with Gasteiger partial charge in [0.15, 0.2) is 0 Å². The van der Waals surface area contributed by atoms with Crippen LogP contribution in [-0.4, -0.2) is 16.5 Å². The van der Waals surface area contributed by atoms with Gasteiger partial charge in [-0.3, -0.25) is 0 Å². The fourth-order valence-electron chi connectivity index (χ4n) is 1.01. The first-order chi connectivity index (χ1) is 3.71. The summed E-state index contributed by atoms with van der Waals surface area (Å²) >= 11 is 0. The van der Waals surface area contributed by atoms with Crippen molar-refractivity contribution in [2.24, 2.45) is 0 Å². The molecular weight excluding hydrogens is 356 g/mol. The Morgan fingerprint density at radius 2 is 0.909 bits per heavy atom. The number of rotatable bonds is 2. The van der Waals surface area contributed by atoms with Crippen molar-refractivity contribution in [1.29, 1.82) is 0 Å². The summed E-state index contributed by atoms with van der Waals surface area (Å²) < 4.78 is 4.82. The molecule has 0 aliphatic heterocycles. The van der Waals surface area contributed by atoms with Gasteiger partial charge in [-0.05, 0) is 0 Å². The van der Waals surface area contributed by atoms with Gasteiger partial charge in [0.2, 0.25) is 0 Å². The molecule has 0 atom stereocenters. The maximum atomic E-state index is 4.82. The summed E-state index contributed by atoms with van der Waals surface area (Å²) in [6.07, 6.45) is 0. The fourth-order valence-corrected chi connectivity index (χ4v) is 9.06. The molecule has 0 aromatic carbocycles. The average Bonchev–Trinajstić information content (AvgIpc) is 1.14. The molecule has 0 heterocycles. The molecule has 0 aliphatic carbocycles.